The lowest BCUT2D eigenvalue weighted by Crippen LogP contribution is -2.07. The average molecular weight is 219 g/mol. The lowest BCUT2D eigenvalue weighted by Gasteiger charge is -1.97. The summed E-state index contributed by atoms with van der Waals surface area (Å²) >= 11 is 0.882. The second-order valence-electron chi connectivity index (χ2n) is 2.06. The van der Waals surface area contributed by atoms with E-state index in [2.05, 4.69) is 14.5 Å². The predicted octanol–water partition coefficient (Wildman–Crippen LogP) is 1.57. The van der Waals surface area contributed by atoms with Crippen LogP contribution in [0.15, 0.2) is 0 Å². The molecule has 0 aliphatic rings. The Morgan fingerprint density at radius 3 is 2.36 bits per heavy atom. The van der Waals surface area contributed by atoms with Crippen molar-refractivity contribution in [3.05, 3.63) is 5.01 Å². The molecule has 0 fully saturated rings. The zero-order valence-corrected chi connectivity index (χ0v) is 7.70. The Morgan fingerprint density at radius 1 is 1.29 bits per heavy atom. The number of hydrogen-bond acceptors (Lipinski definition) is 6. The van der Waals surface area contributed by atoms with E-state index in [9.17, 15) is 9.59 Å². The van der Waals surface area contributed by atoms with Gasteiger partial charge in [0.05, 0.1) is 5.01 Å². The van der Waals surface area contributed by atoms with Gasteiger partial charge in [0, 0.05) is 0 Å². The standard InChI is InChI=1S/C6H5NO6S/c1-2-7-3(12-5(8)9)4(14-2)13-6(10)11/h1H3,(H,8,9)(H,10,11). The van der Waals surface area contributed by atoms with Gasteiger partial charge in [-0.1, -0.05) is 11.3 Å². The third-order valence-corrected chi connectivity index (χ3v) is 1.87. The number of rotatable bonds is 2. The molecule has 0 saturated carbocycles. The smallest absolute Gasteiger partial charge is 0.449 e. The first-order valence-corrected chi connectivity index (χ1v) is 4.09. The molecular formula is C6H5NO6S. The minimum absolute atomic E-state index is 0.197. The molecule has 1 aromatic heterocycles. The second kappa shape index (κ2) is 3.92. The van der Waals surface area contributed by atoms with Crippen LogP contribution in [0.3, 0.4) is 0 Å². The minimum atomic E-state index is -1.58. The van der Waals surface area contributed by atoms with Crippen molar-refractivity contribution in [2.75, 3.05) is 0 Å². The highest BCUT2D eigenvalue weighted by Crippen LogP contribution is 2.33. The van der Waals surface area contributed by atoms with E-state index < -0.39 is 12.3 Å². The number of hydrogen-bond donors (Lipinski definition) is 2. The van der Waals surface area contributed by atoms with Gasteiger partial charge in [0.25, 0.3) is 10.9 Å². The summed E-state index contributed by atoms with van der Waals surface area (Å²) in [5.74, 6) is -0.359. The van der Waals surface area contributed by atoms with E-state index in [4.69, 9.17) is 10.2 Å². The van der Waals surface area contributed by atoms with Crippen molar-refractivity contribution in [3.8, 4) is 10.9 Å². The summed E-state index contributed by atoms with van der Waals surface area (Å²) in [5, 5.41) is 16.8. The molecule has 0 amide bonds. The number of carboxylic acid groups (broad SMARTS) is 2. The van der Waals surface area contributed by atoms with Crippen LogP contribution in [0.1, 0.15) is 5.01 Å². The zero-order valence-electron chi connectivity index (χ0n) is 6.88. The SMILES string of the molecule is Cc1nc(OC(=O)O)c(OC(=O)O)s1. The van der Waals surface area contributed by atoms with Crippen LogP contribution < -0.4 is 9.47 Å². The van der Waals surface area contributed by atoms with Gasteiger partial charge in [0.2, 0.25) is 0 Å². The fourth-order valence-corrected chi connectivity index (χ4v) is 1.36. The average Bonchev–Trinajstić information content (AvgIpc) is 2.28. The Kier molecular flexibility index (Phi) is 2.87. The van der Waals surface area contributed by atoms with Crippen molar-refractivity contribution >= 4 is 23.6 Å². The zero-order chi connectivity index (χ0) is 10.7. The van der Waals surface area contributed by atoms with E-state index in [0.29, 0.717) is 5.01 Å². The third kappa shape index (κ3) is 2.59. The molecule has 0 aliphatic carbocycles. The van der Waals surface area contributed by atoms with Crippen molar-refractivity contribution in [1.29, 1.82) is 0 Å². The molecule has 0 radical (unpaired) electrons. The first-order chi connectivity index (χ1) is 6.49. The number of thiazole rings is 1. The second-order valence-corrected chi connectivity index (χ2v) is 3.23. The van der Waals surface area contributed by atoms with E-state index in [-0.39, 0.29) is 10.9 Å². The number of aromatic nitrogens is 1. The molecule has 0 spiro atoms. The Bertz CT molecular complexity index is 339. The van der Waals surface area contributed by atoms with Gasteiger partial charge in [0.1, 0.15) is 0 Å². The number of carbonyl (C=O) groups is 2. The highest BCUT2D eigenvalue weighted by molar-refractivity contribution is 7.13. The first-order valence-electron chi connectivity index (χ1n) is 3.28. The predicted molar refractivity (Wildman–Crippen MR) is 44.2 cm³/mol. The van der Waals surface area contributed by atoms with Crippen LogP contribution in [0.25, 0.3) is 0 Å². The molecule has 76 valence electrons. The first kappa shape index (κ1) is 10.3. The van der Waals surface area contributed by atoms with Crippen LogP contribution in [-0.4, -0.2) is 27.5 Å². The van der Waals surface area contributed by atoms with Gasteiger partial charge in [-0.15, -0.1) is 0 Å². The molecule has 7 nitrogen and oxygen atoms in total. The Labute approximate surface area is 81.5 Å². The molecule has 14 heavy (non-hydrogen) atoms. The summed E-state index contributed by atoms with van der Waals surface area (Å²) in [6.07, 6.45) is -3.13. The summed E-state index contributed by atoms with van der Waals surface area (Å²) in [4.78, 5) is 24.0. The van der Waals surface area contributed by atoms with E-state index in [1.807, 2.05) is 0 Å². The molecule has 8 heteroatoms. The summed E-state index contributed by atoms with van der Waals surface area (Å²) in [6.45, 7) is 1.56. The summed E-state index contributed by atoms with van der Waals surface area (Å²) in [7, 11) is 0. The van der Waals surface area contributed by atoms with Crippen LogP contribution in [0.5, 0.6) is 10.9 Å². The molecule has 1 aromatic rings. The van der Waals surface area contributed by atoms with Crippen LogP contribution in [-0.2, 0) is 0 Å². The Morgan fingerprint density at radius 2 is 1.86 bits per heavy atom. The van der Waals surface area contributed by atoms with Gasteiger partial charge in [-0.2, -0.15) is 0 Å². The van der Waals surface area contributed by atoms with E-state index in [0.717, 1.165) is 11.3 Å². The van der Waals surface area contributed by atoms with Gasteiger partial charge >= 0.3 is 12.3 Å². The molecule has 0 saturated heterocycles. The maximum Gasteiger partial charge on any atom is 0.512 e. The molecule has 0 aromatic carbocycles. The highest BCUT2D eigenvalue weighted by atomic mass is 32.1. The fourth-order valence-electron chi connectivity index (χ4n) is 0.680. The molecule has 2 N–H and O–H groups in total. The maximum absolute atomic E-state index is 10.2. The van der Waals surface area contributed by atoms with Crippen LogP contribution in [0.2, 0.25) is 0 Å². The van der Waals surface area contributed by atoms with Crippen LogP contribution >= 0.6 is 11.3 Å². The van der Waals surface area contributed by atoms with E-state index in [1.54, 1.807) is 6.92 Å². The molecule has 1 heterocycles. The Balaban J connectivity index is 2.90. The monoisotopic (exact) mass is 219 g/mol. The number of aryl methyl sites for hydroxylation is 1. The highest BCUT2D eigenvalue weighted by Gasteiger charge is 2.17. The maximum atomic E-state index is 10.2. The van der Waals surface area contributed by atoms with Crippen molar-refractivity contribution in [2.24, 2.45) is 0 Å². The molecule has 0 atom stereocenters. The van der Waals surface area contributed by atoms with Crippen molar-refractivity contribution < 1.29 is 29.3 Å². The Hall–Kier alpha value is -1.83. The van der Waals surface area contributed by atoms with Crippen LogP contribution in [0, 0.1) is 6.92 Å². The lowest BCUT2D eigenvalue weighted by molar-refractivity contribution is 0.132. The fraction of sp³-hybridized carbons (Fsp3) is 0.167. The summed E-state index contributed by atoms with van der Waals surface area (Å²) in [5.41, 5.74) is 0. The number of ether oxygens (including phenoxy) is 2. The van der Waals surface area contributed by atoms with Gasteiger partial charge in [0.15, 0.2) is 0 Å². The topological polar surface area (TPSA) is 106 Å². The normalized spacial score (nSPS) is 9.50. The largest absolute Gasteiger partial charge is 0.512 e. The van der Waals surface area contributed by atoms with Gasteiger partial charge in [-0.05, 0) is 6.92 Å². The molecular weight excluding hydrogens is 214 g/mol. The van der Waals surface area contributed by atoms with E-state index in [1.165, 1.54) is 0 Å². The molecule has 0 aliphatic heterocycles. The van der Waals surface area contributed by atoms with Gasteiger partial charge in [-0.3, -0.25) is 0 Å². The quantitative estimate of drug-likeness (QED) is 0.727. The molecule has 0 unspecified atom stereocenters. The van der Waals surface area contributed by atoms with Crippen molar-refractivity contribution in [1.82, 2.24) is 4.98 Å². The van der Waals surface area contributed by atoms with Gasteiger partial charge in [-0.25, -0.2) is 14.6 Å². The minimum Gasteiger partial charge on any atom is -0.449 e. The van der Waals surface area contributed by atoms with Crippen molar-refractivity contribution in [3.63, 3.8) is 0 Å². The lowest BCUT2D eigenvalue weighted by atomic mass is 10.8. The summed E-state index contributed by atoms with van der Waals surface area (Å²) in [6, 6.07) is 0. The van der Waals surface area contributed by atoms with Crippen molar-refractivity contribution in [2.45, 2.75) is 6.92 Å². The van der Waals surface area contributed by atoms with E-state index >= 15 is 0 Å². The third-order valence-electron chi connectivity index (χ3n) is 1.04. The summed E-state index contributed by atoms with van der Waals surface area (Å²) < 4.78 is 8.45. The molecule has 1 rings (SSSR count). The molecule has 0 bridgehead atoms. The number of nitrogens with zero attached hydrogens (tertiary/aromatic N) is 1. The van der Waals surface area contributed by atoms with Crippen LogP contribution in [0.4, 0.5) is 9.59 Å². The van der Waals surface area contributed by atoms with Gasteiger partial charge < -0.3 is 19.7 Å².